The highest BCUT2D eigenvalue weighted by atomic mass is 79.9. The highest BCUT2D eigenvalue weighted by Crippen LogP contribution is 2.28. The summed E-state index contributed by atoms with van der Waals surface area (Å²) < 4.78 is 33.7. The Morgan fingerprint density at radius 3 is 2.10 bits per heavy atom. The number of hydrogen-bond donors (Lipinski definition) is 0. The summed E-state index contributed by atoms with van der Waals surface area (Å²) in [6.45, 7) is 18.4. The van der Waals surface area contributed by atoms with Gasteiger partial charge in [-0.25, -0.2) is 4.98 Å². The smallest absolute Gasteiger partial charge is 0.281 e. The molecule has 2 rings (SSSR count). The summed E-state index contributed by atoms with van der Waals surface area (Å²) >= 11 is 3.47. The van der Waals surface area contributed by atoms with Gasteiger partial charge in [-0.2, -0.15) is 17.0 Å². The second kappa shape index (κ2) is 16.7. The first-order valence-corrected chi connectivity index (χ1v) is 12.8. The molecule has 30 heavy (non-hydrogen) atoms. The molecule has 176 valence electrons. The minimum atomic E-state index is -3.33. The monoisotopic (exact) mass is 507 g/mol. The van der Waals surface area contributed by atoms with Crippen molar-refractivity contribution < 1.29 is 13.2 Å². The van der Waals surface area contributed by atoms with Crippen LogP contribution in [0.25, 0.3) is 0 Å². The van der Waals surface area contributed by atoms with Gasteiger partial charge < -0.3 is 4.74 Å². The SMILES string of the molecule is C=CC.CC.CCC.Cc1cc(Br)c(OC2CCN(S(=O)(=O)N(C)C)CC2)nc1C. The molecule has 0 aliphatic carbocycles. The third-order valence-corrected chi connectivity index (χ3v) is 6.36. The van der Waals surface area contributed by atoms with E-state index in [9.17, 15) is 8.42 Å². The Balaban J connectivity index is 0. The Labute approximate surface area is 194 Å². The summed E-state index contributed by atoms with van der Waals surface area (Å²) in [7, 11) is -0.231. The van der Waals surface area contributed by atoms with E-state index in [0.717, 1.165) is 15.7 Å². The number of aromatic nitrogens is 1. The van der Waals surface area contributed by atoms with Crippen LogP contribution in [0.2, 0.25) is 0 Å². The largest absolute Gasteiger partial charge is 0.473 e. The highest BCUT2D eigenvalue weighted by molar-refractivity contribution is 9.10. The number of hydrogen-bond acceptors (Lipinski definition) is 4. The number of rotatable bonds is 4. The van der Waals surface area contributed by atoms with Crippen LogP contribution in [-0.4, -0.2) is 55.3 Å². The van der Waals surface area contributed by atoms with E-state index >= 15 is 0 Å². The first-order chi connectivity index (χ1) is 14.0. The molecule has 0 spiro atoms. The Kier molecular flexibility index (Phi) is 17.4. The quantitative estimate of drug-likeness (QED) is 0.486. The van der Waals surface area contributed by atoms with Crippen molar-refractivity contribution in [1.82, 2.24) is 13.6 Å². The maximum atomic E-state index is 12.1. The van der Waals surface area contributed by atoms with Crippen molar-refractivity contribution in [2.24, 2.45) is 0 Å². The fourth-order valence-electron chi connectivity index (χ4n) is 2.30. The first kappa shape index (κ1) is 31.2. The number of aryl methyl sites for hydroxylation is 2. The fraction of sp³-hybridized carbons (Fsp3) is 0.682. The number of piperidine rings is 1. The topological polar surface area (TPSA) is 62.7 Å². The average Bonchev–Trinajstić information content (AvgIpc) is 2.69. The molecule has 0 aromatic carbocycles. The lowest BCUT2D eigenvalue weighted by Gasteiger charge is -2.32. The van der Waals surface area contributed by atoms with Gasteiger partial charge in [0.2, 0.25) is 5.88 Å². The molecule has 1 aromatic heterocycles. The minimum absolute atomic E-state index is 0.0143. The van der Waals surface area contributed by atoms with E-state index in [1.807, 2.05) is 40.7 Å². The van der Waals surface area contributed by atoms with Gasteiger partial charge in [-0.05, 0) is 61.2 Å². The molecule has 1 aliphatic rings. The molecular weight excluding hydrogens is 466 g/mol. The first-order valence-electron chi connectivity index (χ1n) is 10.6. The predicted octanol–water partition coefficient (Wildman–Crippen LogP) is 5.75. The van der Waals surface area contributed by atoms with Gasteiger partial charge in [0.25, 0.3) is 10.2 Å². The van der Waals surface area contributed by atoms with Crippen molar-refractivity contribution in [1.29, 1.82) is 0 Å². The molecule has 8 heteroatoms. The Bertz CT molecular complexity index is 702. The van der Waals surface area contributed by atoms with Crippen LogP contribution >= 0.6 is 15.9 Å². The van der Waals surface area contributed by atoms with Crippen LogP contribution < -0.4 is 4.74 Å². The summed E-state index contributed by atoms with van der Waals surface area (Å²) in [5.74, 6) is 0.581. The molecule has 1 aromatic rings. The molecule has 6 nitrogen and oxygen atoms in total. The molecule has 0 atom stereocenters. The van der Waals surface area contributed by atoms with Crippen LogP contribution in [0.3, 0.4) is 0 Å². The number of ether oxygens (including phenoxy) is 1. The third kappa shape index (κ3) is 10.9. The van der Waals surface area contributed by atoms with E-state index in [0.29, 0.717) is 31.8 Å². The summed E-state index contributed by atoms with van der Waals surface area (Å²) in [6, 6.07) is 1.99. The van der Waals surface area contributed by atoms with E-state index in [-0.39, 0.29) is 6.10 Å². The van der Waals surface area contributed by atoms with Crippen LogP contribution in [0, 0.1) is 13.8 Å². The van der Waals surface area contributed by atoms with Crippen LogP contribution in [0.15, 0.2) is 23.2 Å². The second-order valence-electron chi connectivity index (χ2n) is 6.80. The zero-order valence-corrected chi connectivity index (χ0v) is 22.7. The zero-order valence-electron chi connectivity index (χ0n) is 20.3. The summed E-state index contributed by atoms with van der Waals surface area (Å²) in [5.41, 5.74) is 2.04. The summed E-state index contributed by atoms with van der Waals surface area (Å²) in [4.78, 5) is 4.45. The van der Waals surface area contributed by atoms with Crippen LogP contribution in [0.4, 0.5) is 0 Å². The van der Waals surface area contributed by atoms with Gasteiger partial charge in [0.05, 0.1) is 4.47 Å². The van der Waals surface area contributed by atoms with Crippen LogP contribution in [-0.2, 0) is 10.2 Å². The Hall–Kier alpha value is -0.960. The van der Waals surface area contributed by atoms with Gasteiger partial charge in [-0.3, -0.25) is 0 Å². The molecule has 0 radical (unpaired) electrons. The van der Waals surface area contributed by atoms with Gasteiger partial charge in [0.15, 0.2) is 0 Å². The molecule has 1 saturated heterocycles. The standard InChI is InChI=1S/C14H22BrN3O3S.C3H8.C3H6.C2H6/c1-10-9-13(15)14(16-11(10)2)21-12-5-7-18(8-6-12)22(19,20)17(3)4;2*1-3-2;1-2/h9,12H,5-8H2,1-4H3;3H2,1-2H3;3H,1H2,2H3;1-2H3. The van der Waals surface area contributed by atoms with Gasteiger partial charge in [-0.15, -0.1) is 6.58 Å². The van der Waals surface area contributed by atoms with Crippen molar-refractivity contribution >= 4 is 26.1 Å². The molecule has 0 unspecified atom stereocenters. The number of allylic oxidation sites excluding steroid dienone is 1. The van der Waals surface area contributed by atoms with E-state index in [1.165, 1.54) is 15.0 Å². The summed E-state index contributed by atoms with van der Waals surface area (Å²) in [6.07, 6.45) is 4.31. The molecule has 0 amide bonds. The van der Waals surface area contributed by atoms with Crippen molar-refractivity contribution in [3.8, 4) is 5.88 Å². The number of halogens is 1. The maximum Gasteiger partial charge on any atom is 0.281 e. The lowest BCUT2D eigenvalue weighted by Crippen LogP contribution is -2.46. The van der Waals surface area contributed by atoms with Gasteiger partial charge >= 0.3 is 0 Å². The normalized spacial score (nSPS) is 14.4. The van der Waals surface area contributed by atoms with E-state index in [4.69, 9.17) is 4.74 Å². The molecule has 2 heterocycles. The highest BCUT2D eigenvalue weighted by Gasteiger charge is 2.30. The molecule has 1 aliphatic heterocycles. The van der Waals surface area contributed by atoms with Gasteiger partial charge in [-0.1, -0.05) is 40.2 Å². The van der Waals surface area contributed by atoms with E-state index in [1.54, 1.807) is 20.2 Å². The fourth-order valence-corrected chi connectivity index (χ4v) is 3.96. The molecule has 1 fully saturated rings. The molecule has 0 N–H and O–H groups in total. The molecule has 0 saturated carbocycles. The predicted molar refractivity (Wildman–Crippen MR) is 132 cm³/mol. The minimum Gasteiger partial charge on any atom is -0.473 e. The van der Waals surface area contributed by atoms with Crippen LogP contribution in [0.5, 0.6) is 5.88 Å². The maximum absolute atomic E-state index is 12.1. The van der Waals surface area contributed by atoms with Gasteiger partial charge in [0.1, 0.15) is 6.10 Å². The van der Waals surface area contributed by atoms with Crippen molar-refractivity contribution in [2.45, 2.75) is 73.8 Å². The zero-order chi connectivity index (χ0) is 23.9. The average molecular weight is 509 g/mol. The number of nitrogens with zero attached hydrogens (tertiary/aromatic N) is 3. The number of pyridine rings is 1. The molecule has 0 bridgehead atoms. The van der Waals surface area contributed by atoms with Crippen molar-refractivity contribution in [3.63, 3.8) is 0 Å². The van der Waals surface area contributed by atoms with Gasteiger partial charge in [0, 0.05) is 32.9 Å². The Morgan fingerprint density at radius 2 is 1.70 bits per heavy atom. The van der Waals surface area contributed by atoms with Crippen molar-refractivity contribution in [2.75, 3.05) is 27.2 Å². The summed E-state index contributed by atoms with van der Waals surface area (Å²) in [5, 5.41) is 0. The third-order valence-electron chi connectivity index (χ3n) is 3.85. The second-order valence-corrected chi connectivity index (χ2v) is 9.80. The van der Waals surface area contributed by atoms with Crippen LogP contribution in [0.1, 0.15) is 65.1 Å². The lowest BCUT2D eigenvalue weighted by atomic mass is 10.1. The lowest BCUT2D eigenvalue weighted by molar-refractivity contribution is 0.127. The molecular formula is C22H42BrN3O3S. The van der Waals surface area contributed by atoms with Crippen molar-refractivity contribution in [3.05, 3.63) is 34.5 Å². The van der Waals surface area contributed by atoms with E-state index < -0.39 is 10.2 Å². The van der Waals surface area contributed by atoms with E-state index in [2.05, 4.69) is 41.3 Å². The Morgan fingerprint density at radius 1 is 1.27 bits per heavy atom.